The lowest BCUT2D eigenvalue weighted by molar-refractivity contribution is 0.1000. The van der Waals surface area contributed by atoms with E-state index in [4.69, 9.17) is 11.5 Å². The lowest BCUT2D eigenvalue weighted by Gasteiger charge is -2.34. The second-order valence-corrected chi connectivity index (χ2v) is 7.12. The molecule has 1 heterocycles. The van der Waals surface area contributed by atoms with Gasteiger partial charge in [0.1, 0.15) is 0 Å². The quantitative estimate of drug-likeness (QED) is 0.827. The van der Waals surface area contributed by atoms with Crippen LogP contribution in [0.5, 0.6) is 0 Å². The van der Waals surface area contributed by atoms with E-state index in [9.17, 15) is 13.2 Å². The smallest absolute Gasteiger partial charge is 0.248 e. The molecule has 0 spiro atoms. The summed E-state index contributed by atoms with van der Waals surface area (Å²) in [6.07, 6.45) is 0.750. The minimum absolute atomic E-state index is 0.150. The van der Waals surface area contributed by atoms with Gasteiger partial charge in [-0.2, -0.15) is 4.31 Å². The number of nitrogens with two attached hydrogens (primary N) is 2. The van der Waals surface area contributed by atoms with Crippen molar-refractivity contribution in [1.82, 2.24) is 4.31 Å². The number of hydrogen-bond donors (Lipinski definition) is 2. The fraction of sp³-hybridized carbons (Fsp3) is 0.462. The highest BCUT2D eigenvalue weighted by molar-refractivity contribution is 7.89. The molecule has 0 bridgehead atoms. The van der Waals surface area contributed by atoms with Crippen LogP contribution in [-0.4, -0.2) is 37.8 Å². The van der Waals surface area contributed by atoms with Crippen molar-refractivity contribution in [2.45, 2.75) is 24.3 Å². The molecule has 0 radical (unpaired) electrons. The van der Waals surface area contributed by atoms with E-state index in [-0.39, 0.29) is 16.5 Å². The van der Waals surface area contributed by atoms with Crippen LogP contribution < -0.4 is 11.5 Å². The molecule has 1 aliphatic rings. The van der Waals surface area contributed by atoms with Gasteiger partial charge in [0, 0.05) is 24.7 Å². The van der Waals surface area contributed by atoms with Crippen LogP contribution >= 0.6 is 0 Å². The van der Waals surface area contributed by atoms with Gasteiger partial charge < -0.3 is 11.5 Å². The Morgan fingerprint density at radius 1 is 1.30 bits per heavy atom. The fourth-order valence-electron chi connectivity index (χ4n) is 2.23. The van der Waals surface area contributed by atoms with Gasteiger partial charge in [0.2, 0.25) is 15.9 Å². The summed E-state index contributed by atoms with van der Waals surface area (Å²) in [6, 6.07) is 5.49. The number of carbonyl (C=O) groups excluding carboxylic acids is 1. The molecular weight excluding hydrogens is 278 g/mol. The highest BCUT2D eigenvalue weighted by Gasteiger charge is 2.31. The third-order valence-electron chi connectivity index (χ3n) is 3.76. The first kappa shape index (κ1) is 15.0. The molecular formula is C13H19N3O3S. The highest BCUT2D eigenvalue weighted by atomic mass is 32.2. The van der Waals surface area contributed by atoms with Crippen LogP contribution in [0.1, 0.15) is 23.7 Å². The van der Waals surface area contributed by atoms with Crippen LogP contribution in [0.4, 0.5) is 0 Å². The number of hydrogen-bond acceptors (Lipinski definition) is 4. The van der Waals surface area contributed by atoms with Crippen LogP contribution in [0.3, 0.4) is 0 Å². The van der Waals surface area contributed by atoms with Gasteiger partial charge in [-0.1, -0.05) is 6.92 Å². The lowest BCUT2D eigenvalue weighted by atomic mass is 9.96. The predicted molar refractivity (Wildman–Crippen MR) is 75.5 cm³/mol. The van der Waals surface area contributed by atoms with Gasteiger partial charge in [-0.3, -0.25) is 4.79 Å². The number of amides is 1. The molecule has 7 heteroatoms. The van der Waals surface area contributed by atoms with Crippen molar-refractivity contribution in [1.29, 1.82) is 0 Å². The molecule has 1 aromatic rings. The number of benzene rings is 1. The van der Waals surface area contributed by atoms with Gasteiger partial charge >= 0.3 is 0 Å². The maximum Gasteiger partial charge on any atom is 0.248 e. The standard InChI is InChI=1S/C13H19N3O3S/c1-9-6-7-16(8-12(9)14)20(18,19)11-4-2-10(3-5-11)13(15)17/h2-5,9,12H,6-8,14H2,1H3,(H2,15,17). The molecule has 0 aromatic heterocycles. The Hall–Kier alpha value is -1.44. The maximum absolute atomic E-state index is 12.5. The molecule has 4 N–H and O–H groups in total. The summed E-state index contributed by atoms with van der Waals surface area (Å²) in [5, 5.41) is 0. The first-order valence-corrected chi connectivity index (χ1v) is 7.92. The molecule has 0 aliphatic carbocycles. The second-order valence-electron chi connectivity index (χ2n) is 5.18. The molecule has 1 fully saturated rings. The average Bonchev–Trinajstić information content (AvgIpc) is 2.41. The van der Waals surface area contributed by atoms with E-state index >= 15 is 0 Å². The van der Waals surface area contributed by atoms with E-state index in [0.717, 1.165) is 6.42 Å². The van der Waals surface area contributed by atoms with Gasteiger partial charge in [0.25, 0.3) is 0 Å². The maximum atomic E-state index is 12.5. The summed E-state index contributed by atoms with van der Waals surface area (Å²) in [5.74, 6) is -0.263. The SMILES string of the molecule is CC1CCN(S(=O)(=O)c2ccc(C(N)=O)cc2)CC1N. The van der Waals surface area contributed by atoms with E-state index < -0.39 is 15.9 Å². The van der Waals surface area contributed by atoms with Crippen LogP contribution in [-0.2, 0) is 10.0 Å². The van der Waals surface area contributed by atoms with E-state index in [0.29, 0.717) is 19.0 Å². The van der Waals surface area contributed by atoms with Gasteiger partial charge in [-0.25, -0.2) is 8.42 Å². The summed E-state index contributed by atoms with van der Waals surface area (Å²) < 4.78 is 26.3. The summed E-state index contributed by atoms with van der Waals surface area (Å²) in [6.45, 7) is 2.81. The Labute approximate surface area is 118 Å². The minimum Gasteiger partial charge on any atom is -0.366 e. The molecule has 6 nitrogen and oxygen atoms in total. The topological polar surface area (TPSA) is 106 Å². The molecule has 20 heavy (non-hydrogen) atoms. The number of rotatable bonds is 3. The molecule has 1 aromatic carbocycles. The van der Waals surface area contributed by atoms with Crippen molar-refractivity contribution in [3.63, 3.8) is 0 Å². The molecule has 1 saturated heterocycles. The second kappa shape index (κ2) is 5.51. The predicted octanol–water partition coefficient (Wildman–Crippen LogP) is 0.143. The zero-order valence-corrected chi connectivity index (χ0v) is 12.1. The molecule has 2 atom stereocenters. The van der Waals surface area contributed by atoms with Crippen LogP contribution in [0, 0.1) is 5.92 Å². The Balaban J connectivity index is 2.24. The number of nitrogens with zero attached hydrogens (tertiary/aromatic N) is 1. The average molecular weight is 297 g/mol. The molecule has 2 unspecified atom stereocenters. The Morgan fingerprint density at radius 3 is 2.40 bits per heavy atom. The Bertz CT molecular complexity index is 598. The zero-order valence-electron chi connectivity index (χ0n) is 11.3. The highest BCUT2D eigenvalue weighted by Crippen LogP contribution is 2.23. The summed E-state index contributed by atoms with van der Waals surface area (Å²) in [7, 11) is -3.56. The number of carbonyl (C=O) groups is 1. The fourth-order valence-corrected chi connectivity index (χ4v) is 3.72. The third kappa shape index (κ3) is 2.84. The van der Waals surface area contributed by atoms with Crippen molar-refractivity contribution in [3.05, 3.63) is 29.8 Å². The first-order valence-electron chi connectivity index (χ1n) is 6.48. The van der Waals surface area contributed by atoms with Gasteiger partial charge in [0.05, 0.1) is 4.90 Å². The summed E-state index contributed by atoms with van der Waals surface area (Å²) >= 11 is 0. The van der Waals surface area contributed by atoms with E-state index in [1.807, 2.05) is 6.92 Å². The van der Waals surface area contributed by atoms with Crippen molar-refractivity contribution in [2.75, 3.05) is 13.1 Å². The van der Waals surface area contributed by atoms with E-state index in [1.165, 1.54) is 28.6 Å². The van der Waals surface area contributed by atoms with E-state index in [2.05, 4.69) is 0 Å². The molecule has 1 amide bonds. The van der Waals surface area contributed by atoms with Gasteiger partial charge in [0.15, 0.2) is 0 Å². The molecule has 1 aliphatic heterocycles. The van der Waals surface area contributed by atoms with Crippen LogP contribution in [0.15, 0.2) is 29.2 Å². The van der Waals surface area contributed by atoms with Crippen molar-refractivity contribution >= 4 is 15.9 Å². The third-order valence-corrected chi connectivity index (χ3v) is 5.64. The number of primary amides is 1. The molecule has 2 rings (SSSR count). The van der Waals surface area contributed by atoms with Crippen molar-refractivity contribution < 1.29 is 13.2 Å². The lowest BCUT2D eigenvalue weighted by Crippen LogP contribution is -2.49. The zero-order chi connectivity index (χ0) is 14.9. The van der Waals surface area contributed by atoms with Crippen molar-refractivity contribution in [3.8, 4) is 0 Å². The molecule has 0 saturated carbocycles. The monoisotopic (exact) mass is 297 g/mol. The normalized spacial score (nSPS) is 24.5. The van der Waals surface area contributed by atoms with Crippen LogP contribution in [0.2, 0.25) is 0 Å². The van der Waals surface area contributed by atoms with Crippen molar-refractivity contribution in [2.24, 2.45) is 17.4 Å². The van der Waals surface area contributed by atoms with Gasteiger partial charge in [-0.15, -0.1) is 0 Å². The summed E-state index contributed by atoms with van der Waals surface area (Å²) in [5.41, 5.74) is 11.4. The largest absolute Gasteiger partial charge is 0.366 e. The summed E-state index contributed by atoms with van der Waals surface area (Å²) in [4.78, 5) is 11.1. The Morgan fingerprint density at radius 2 is 1.90 bits per heavy atom. The van der Waals surface area contributed by atoms with Gasteiger partial charge in [-0.05, 0) is 36.6 Å². The number of piperidine rings is 1. The number of sulfonamides is 1. The first-order chi connectivity index (χ1) is 9.32. The molecule has 110 valence electrons. The minimum atomic E-state index is -3.56. The van der Waals surface area contributed by atoms with E-state index in [1.54, 1.807) is 0 Å². The Kier molecular flexibility index (Phi) is 4.12. The van der Waals surface area contributed by atoms with Crippen LogP contribution in [0.25, 0.3) is 0 Å².